The van der Waals surface area contributed by atoms with Crippen molar-refractivity contribution in [3.63, 3.8) is 0 Å². The molecule has 2 aliphatic rings. The number of hydrogen-bond donors (Lipinski definition) is 0. The first-order valence-corrected chi connectivity index (χ1v) is 20.8. The van der Waals surface area contributed by atoms with Gasteiger partial charge >= 0.3 is 0 Å². The van der Waals surface area contributed by atoms with Crippen LogP contribution in [0.4, 0.5) is 0 Å². The minimum atomic E-state index is -0.149. The summed E-state index contributed by atoms with van der Waals surface area (Å²) in [5.74, 6) is 0. The molecule has 0 amide bonds. The average Bonchev–Trinajstić information content (AvgIpc) is 3.28. The SMILES string of the molecule is C\C=C/C(=C\C)C(/Cc1ccccc1)=C(C1=CC=CCC1)/C(=C\Cc1cccc(C2(C)C=CC=C(c3cccc(/C(=N\C)c4ccccc4)c3)C2)c1)c1ccccc1. The molecule has 0 N–H and O–H groups in total. The van der Waals surface area contributed by atoms with E-state index in [1.54, 1.807) is 0 Å². The summed E-state index contributed by atoms with van der Waals surface area (Å²) in [6, 6.07) is 50.6. The summed E-state index contributed by atoms with van der Waals surface area (Å²) in [5, 5.41) is 0. The molecule has 0 fully saturated rings. The van der Waals surface area contributed by atoms with Crippen LogP contribution < -0.4 is 0 Å². The lowest BCUT2D eigenvalue weighted by Gasteiger charge is -2.31. The zero-order valence-corrected chi connectivity index (χ0v) is 34.5. The summed E-state index contributed by atoms with van der Waals surface area (Å²) in [6.07, 6.45) is 27.7. The third-order valence-electron chi connectivity index (χ3n) is 11.4. The van der Waals surface area contributed by atoms with Crippen molar-refractivity contribution >= 4 is 16.9 Å². The van der Waals surface area contributed by atoms with E-state index >= 15 is 0 Å². The van der Waals surface area contributed by atoms with Crippen LogP contribution >= 0.6 is 0 Å². The van der Waals surface area contributed by atoms with Crippen molar-refractivity contribution in [1.29, 1.82) is 0 Å². The fraction of sp³-hybridized carbons (Fsp3) is 0.175. The van der Waals surface area contributed by atoms with Crippen LogP contribution in [0.15, 0.2) is 228 Å². The van der Waals surface area contributed by atoms with E-state index in [2.05, 4.69) is 221 Å². The van der Waals surface area contributed by atoms with Crippen molar-refractivity contribution in [2.24, 2.45) is 4.99 Å². The van der Waals surface area contributed by atoms with Crippen LogP contribution in [-0.2, 0) is 18.3 Å². The van der Waals surface area contributed by atoms with E-state index in [-0.39, 0.29) is 5.41 Å². The van der Waals surface area contributed by atoms with Crippen molar-refractivity contribution in [2.45, 2.75) is 58.3 Å². The van der Waals surface area contributed by atoms with Gasteiger partial charge in [0.15, 0.2) is 0 Å². The van der Waals surface area contributed by atoms with Crippen molar-refractivity contribution in [1.82, 2.24) is 0 Å². The molecule has 2 aliphatic carbocycles. The zero-order valence-electron chi connectivity index (χ0n) is 34.5. The Bertz CT molecular complexity index is 2480. The third kappa shape index (κ3) is 9.44. The van der Waals surface area contributed by atoms with Crippen molar-refractivity contribution < 1.29 is 0 Å². The molecule has 0 aliphatic heterocycles. The highest BCUT2D eigenvalue weighted by Crippen LogP contribution is 2.41. The molecule has 7 rings (SSSR count). The largest absolute Gasteiger partial charge is 0.287 e. The van der Waals surface area contributed by atoms with E-state index in [1.165, 1.54) is 61.3 Å². The number of hydrogen-bond acceptors (Lipinski definition) is 1. The summed E-state index contributed by atoms with van der Waals surface area (Å²) >= 11 is 0. The summed E-state index contributed by atoms with van der Waals surface area (Å²) in [7, 11) is 1.88. The van der Waals surface area contributed by atoms with Gasteiger partial charge < -0.3 is 0 Å². The summed E-state index contributed by atoms with van der Waals surface area (Å²) in [5.41, 5.74) is 17.6. The molecule has 5 aromatic rings. The molecule has 1 atom stereocenters. The maximum Gasteiger partial charge on any atom is 0.0715 e. The Kier molecular flexibility index (Phi) is 13.2. The Hall–Kier alpha value is -6.31. The first-order valence-electron chi connectivity index (χ1n) is 20.8. The molecule has 1 nitrogen and oxygen atoms in total. The van der Waals surface area contributed by atoms with Gasteiger partial charge in [-0.1, -0.05) is 201 Å². The molecule has 0 saturated heterocycles. The monoisotopic (exact) mass is 753 g/mol. The average molecular weight is 754 g/mol. The maximum atomic E-state index is 4.70. The van der Waals surface area contributed by atoms with Gasteiger partial charge in [0, 0.05) is 23.6 Å². The Labute approximate surface area is 347 Å². The molecule has 0 aromatic heterocycles. The number of allylic oxidation sites excluding steroid dienone is 16. The van der Waals surface area contributed by atoms with E-state index < -0.39 is 0 Å². The zero-order chi connectivity index (χ0) is 40.2. The quantitative estimate of drug-likeness (QED) is 0.0839. The first-order chi connectivity index (χ1) is 28.5. The Morgan fingerprint density at radius 2 is 1.40 bits per heavy atom. The molecular formula is C57H55N. The third-order valence-corrected chi connectivity index (χ3v) is 11.4. The summed E-state index contributed by atoms with van der Waals surface area (Å²) < 4.78 is 0. The summed E-state index contributed by atoms with van der Waals surface area (Å²) in [6.45, 7) is 6.67. The second kappa shape index (κ2) is 19.2. The Morgan fingerprint density at radius 3 is 2.09 bits per heavy atom. The van der Waals surface area contributed by atoms with Gasteiger partial charge in [-0.05, 0) is 113 Å². The normalized spacial score (nSPS) is 17.9. The maximum absolute atomic E-state index is 4.70. The summed E-state index contributed by atoms with van der Waals surface area (Å²) in [4.78, 5) is 4.70. The molecule has 1 unspecified atom stereocenters. The van der Waals surface area contributed by atoms with Crippen LogP contribution in [-0.4, -0.2) is 12.8 Å². The lowest BCUT2D eigenvalue weighted by Crippen LogP contribution is -2.21. The van der Waals surface area contributed by atoms with Crippen LogP contribution in [0.25, 0.3) is 11.1 Å². The van der Waals surface area contributed by atoms with E-state index in [0.29, 0.717) is 0 Å². The number of nitrogens with zero attached hydrogens (tertiary/aromatic N) is 1. The second-order valence-corrected chi connectivity index (χ2v) is 15.5. The van der Waals surface area contributed by atoms with Gasteiger partial charge in [0.1, 0.15) is 0 Å². The smallest absolute Gasteiger partial charge is 0.0715 e. The van der Waals surface area contributed by atoms with E-state index in [1.807, 2.05) is 7.05 Å². The highest BCUT2D eigenvalue weighted by molar-refractivity contribution is 6.13. The number of benzene rings is 5. The molecule has 0 radical (unpaired) electrons. The number of rotatable bonds is 13. The van der Waals surface area contributed by atoms with Gasteiger partial charge in [-0.2, -0.15) is 0 Å². The van der Waals surface area contributed by atoms with E-state index in [4.69, 9.17) is 4.99 Å². The van der Waals surface area contributed by atoms with Gasteiger partial charge in [-0.25, -0.2) is 0 Å². The lowest BCUT2D eigenvalue weighted by molar-refractivity contribution is 0.608. The Balaban J connectivity index is 1.25. The predicted octanol–water partition coefficient (Wildman–Crippen LogP) is 14.4. The lowest BCUT2D eigenvalue weighted by atomic mass is 9.73. The van der Waals surface area contributed by atoms with Crippen molar-refractivity contribution in [3.8, 4) is 0 Å². The molecule has 0 bridgehead atoms. The standard InChI is InChI=1S/C57H55N/c1-5-22-45(6-2)54(40-43-23-11-7-12-24-43)55(47-28-15-9-16-29-47)53(46-26-13-8-14-27-46)37-36-44-25-19-35-52(39-44)57(3)38-21-34-51(42-57)49-32-20-33-50(41-49)56(58-4)48-30-17-10-18-31-48/h5-15,17-28,30-35,37-39,41H,16,29,36,40,42H2,1-4H3/b22-5-,45-6+,53-37-,55-54+,58-56-. The second-order valence-electron chi connectivity index (χ2n) is 15.5. The van der Waals surface area contributed by atoms with Gasteiger partial charge in [-0.15, -0.1) is 0 Å². The Morgan fingerprint density at radius 1 is 0.707 bits per heavy atom. The fourth-order valence-electron chi connectivity index (χ4n) is 8.45. The van der Waals surface area contributed by atoms with E-state index in [9.17, 15) is 0 Å². The minimum absolute atomic E-state index is 0.149. The molecule has 288 valence electrons. The van der Waals surface area contributed by atoms with Gasteiger partial charge in [0.05, 0.1) is 5.71 Å². The van der Waals surface area contributed by atoms with Crippen LogP contribution in [0.5, 0.6) is 0 Å². The highest BCUT2D eigenvalue weighted by Gasteiger charge is 2.28. The van der Waals surface area contributed by atoms with Crippen LogP contribution in [0.2, 0.25) is 0 Å². The highest BCUT2D eigenvalue weighted by atomic mass is 14.7. The molecule has 5 aromatic carbocycles. The van der Waals surface area contributed by atoms with Crippen molar-refractivity contribution in [2.75, 3.05) is 7.05 Å². The van der Waals surface area contributed by atoms with Crippen LogP contribution in [0, 0.1) is 0 Å². The predicted molar refractivity (Wildman–Crippen MR) is 250 cm³/mol. The van der Waals surface area contributed by atoms with Crippen LogP contribution in [0.1, 0.15) is 79.0 Å². The van der Waals surface area contributed by atoms with E-state index in [0.717, 1.165) is 48.9 Å². The van der Waals surface area contributed by atoms with Crippen LogP contribution in [0.3, 0.4) is 0 Å². The van der Waals surface area contributed by atoms with Gasteiger partial charge in [-0.3, -0.25) is 4.99 Å². The molecule has 0 spiro atoms. The first kappa shape index (κ1) is 39.9. The minimum Gasteiger partial charge on any atom is -0.287 e. The van der Waals surface area contributed by atoms with Gasteiger partial charge in [0.25, 0.3) is 0 Å². The molecular weight excluding hydrogens is 699 g/mol. The topological polar surface area (TPSA) is 12.4 Å². The molecule has 58 heavy (non-hydrogen) atoms. The number of aliphatic imine (C=N–C) groups is 1. The fourth-order valence-corrected chi connectivity index (χ4v) is 8.45. The molecule has 0 saturated carbocycles. The molecule has 1 heteroatoms. The van der Waals surface area contributed by atoms with Crippen molar-refractivity contribution in [3.05, 3.63) is 262 Å². The van der Waals surface area contributed by atoms with Gasteiger partial charge in [0.2, 0.25) is 0 Å². The molecule has 0 heterocycles.